The third-order valence-electron chi connectivity index (χ3n) is 1.45. The number of hydrogen-bond donors (Lipinski definition) is 0. The third-order valence-corrected chi connectivity index (χ3v) is 1.45. The van der Waals surface area contributed by atoms with Crippen molar-refractivity contribution in [1.82, 2.24) is 4.98 Å². The van der Waals surface area contributed by atoms with Gasteiger partial charge in [0.1, 0.15) is 5.69 Å². The minimum absolute atomic E-state index is 0.194. The first kappa shape index (κ1) is 9.57. The average molecular weight is 187 g/mol. The Morgan fingerprint density at radius 2 is 2.31 bits per heavy atom. The molecule has 0 fully saturated rings. The number of aromatic nitrogens is 1. The number of hydrogen-bond acceptors (Lipinski definition) is 3. The third kappa shape index (κ3) is 1.99. The highest BCUT2D eigenvalue weighted by Gasteiger charge is 2.19. The molecule has 0 atom stereocenters. The summed E-state index contributed by atoms with van der Waals surface area (Å²) in [4.78, 5) is 14.3. The molecule has 0 N–H and O–H groups in total. The van der Waals surface area contributed by atoms with Crippen LogP contribution in [0.4, 0.5) is 8.78 Å². The van der Waals surface area contributed by atoms with E-state index in [9.17, 15) is 13.6 Å². The van der Waals surface area contributed by atoms with E-state index in [0.29, 0.717) is 0 Å². The van der Waals surface area contributed by atoms with Gasteiger partial charge in [-0.15, -0.1) is 0 Å². The largest absolute Gasteiger partial charge is 0.465 e. The molecule has 0 spiro atoms. The number of pyridine rings is 1. The molecule has 5 heteroatoms. The molecular formula is C8H7F2NO2. The van der Waals surface area contributed by atoms with Gasteiger partial charge in [-0.25, -0.2) is 13.6 Å². The maximum absolute atomic E-state index is 12.3. The van der Waals surface area contributed by atoms with E-state index in [-0.39, 0.29) is 5.56 Å². The minimum atomic E-state index is -2.77. The summed E-state index contributed by atoms with van der Waals surface area (Å²) in [5.41, 5.74) is -0.741. The molecule has 1 aromatic rings. The molecular weight excluding hydrogens is 180 g/mol. The zero-order valence-electron chi connectivity index (χ0n) is 6.83. The summed E-state index contributed by atoms with van der Waals surface area (Å²) in [6.45, 7) is 0. The smallest absolute Gasteiger partial charge is 0.339 e. The van der Waals surface area contributed by atoms with Crippen LogP contribution < -0.4 is 0 Å². The van der Waals surface area contributed by atoms with E-state index in [1.807, 2.05) is 0 Å². The van der Waals surface area contributed by atoms with Crippen LogP contribution >= 0.6 is 0 Å². The number of rotatable bonds is 2. The molecule has 0 aliphatic heterocycles. The molecule has 0 saturated heterocycles. The van der Waals surface area contributed by atoms with E-state index < -0.39 is 18.1 Å². The maximum Gasteiger partial charge on any atom is 0.339 e. The van der Waals surface area contributed by atoms with Crippen molar-refractivity contribution in [3.63, 3.8) is 0 Å². The van der Waals surface area contributed by atoms with Gasteiger partial charge in [-0.3, -0.25) is 4.98 Å². The first-order valence-electron chi connectivity index (χ1n) is 3.48. The lowest BCUT2D eigenvalue weighted by Gasteiger charge is -2.04. The number of carbonyl (C=O) groups is 1. The average Bonchev–Trinajstić information content (AvgIpc) is 2.16. The van der Waals surface area contributed by atoms with Crippen molar-refractivity contribution in [1.29, 1.82) is 0 Å². The van der Waals surface area contributed by atoms with E-state index in [2.05, 4.69) is 9.72 Å². The van der Waals surface area contributed by atoms with E-state index in [4.69, 9.17) is 0 Å². The Morgan fingerprint density at radius 1 is 1.62 bits per heavy atom. The highest BCUT2D eigenvalue weighted by atomic mass is 19.3. The quantitative estimate of drug-likeness (QED) is 0.663. The Labute approximate surface area is 73.4 Å². The number of carbonyl (C=O) groups excluding carboxylic acids is 1. The molecule has 0 aliphatic rings. The molecule has 0 saturated carbocycles. The second-order valence-electron chi connectivity index (χ2n) is 2.23. The molecule has 0 unspecified atom stereocenters. The normalized spacial score (nSPS) is 10.2. The molecule has 70 valence electrons. The van der Waals surface area contributed by atoms with E-state index in [1.165, 1.54) is 18.3 Å². The number of methoxy groups -OCH3 is 1. The van der Waals surface area contributed by atoms with Crippen LogP contribution in [0, 0.1) is 0 Å². The zero-order valence-corrected chi connectivity index (χ0v) is 6.83. The van der Waals surface area contributed by atoms with Crippen LogP contribution in [0.2, 0.25) is 0 Å². The van der Waals surface area contributed by atoms with Crippen LogP contribution in [0.5, 0.6) is 0 Å². The molecule has 3 nitrogen and oxygen atoms in total. The Kier molecular flexibility index (Phi) is 2.89. The molecule has 1 aromatic heterocycles. The van der Waals surface area contributed by atoms with Crippen molar-refractivity contribution in [2.24, 2.45) is 0 Å². The number of esters is 1. The number of nitrogens with zero attached hydrogens (tertiary/aromatic N) is 1. The lowest BCUT2D eigenvalue weighted by molar-refractivity contribution is 0.0587. The first-order valence-corrected chi connectivity index (χ1v) is 3.48. The summed E-state index contributed by atoms with van der Waals surface area (Å²) < 4.78 is 28.8. The minimum Gasteiger partial charge on any atom is -0.465 e. The second-order valence-corrected chi connectivity index (χ2v) is 2.23. The van der Waals surface area contributed by atoms with Gasteiger partial charge in [0.05, 0.1) is 12.7 Å². The van der Waals surface area contributed by atoms with Crippen molar-refractivity contribution in [2.75, 3.05) is 7.11 Å². The predicted octanol–water partition coefficient (Wildman–Crippen LogP) is 1.81. The lowest BCUT2D eigenvalue weighted by Crippen LogP contribution is -2.07. The van der Waals surface area contributed by atoms with Gasteiger partial charge < -0.3 is 4.74 Å². The highest BCUT2D eigenvalue weighted by Crippen LogP contribution is 2.20. The van der Waals surface area contributed by atoms with Crippen molar-refractivity contribution < 1.29 is 18.3 Å². The summed E-state index contributed by atoms with van der Waals surface area (Å²) >= 11 is 0. The summed E-state index contributed by atoms with van der Waals surface area (Å²) in [5, 5.41) is 0. The van der Waals surface area contributed by atoms with Crippen molar-refractivity contribution >= 4 is 5.97 Å². The number of halogens is 2. The fraction of sp³-hybridized carbons (Fsp3) is 0.250. The standard InChI is InChI=1S/C8H7F2NO2/c1-13-8(12)5-3-2-4-11-6(5)7(9)10/h2-4,7H,1H3. The fourth-order valence-corrected chi connectivity index (χ4v) is 0.874. The topological polar surface area (TPSA) is 39.2 Å². The summed E-state index contributed by atoms with van der Waals surface area (Å²) in [6, 6.07) is 2.65. The van der Waals surface area contributed by atoms with Crippen LogP contribution in [0.25, 0.3) is 0 Å². The molecule has 0 aliphatic carbocycles. The highest BCUT2D eigenvalue weighted by molar-refractivity contribution is 5.90. The van der Waals surface area contributed by atoms with Crippen LogP contribution in [-0.2, 0) is 4.74 Å². The Bertz CT molecular complexity index is 315. The molecule has 0 amide bonds. The van der Waals surface area contributed by atoms with Gasteiger partial charge in [-0.1, -0.05) is 0 Å². The number of ether oxygens (including phenoxy) is 1. The fourth-order valence-electron chi connectivity index (χ4n) is 0.874. The van der Waals surface area contributed by atoms with Gasteiger partial charge in [0.25, 0.3) is 6.43 Å². The second kappa shape index (κ2) is 3.93. The monoisotopic (exact) mass is 187 g/mol. The van der Waals surface area contributed by atoms with Gasteiger partial charge in [0.2, 0.25) is 0 Å². The molecule has 0 bridgehead atoms. The lowest BCUT2D eigenvalue weighted by atomic mass is 10.2. The zero-order chi connectivity index (χ0) is 9.84. The summed E-state index contributed by atoms with van der Waals surface area (Å²) in [5.74, 6) is -0.802. The molecule has 0 radical (unpaired) electrons. The van der Waals surface area contributed by atoms with E-state index in [0.717, 1.165) is 7.11 Å². The van der Waals surface area contributed by atoms with Crippen molar-refractivity contribution in [3.8, 4) is 0 Å². The van der Waals surface area contributed by atoms with Crippen LogP contribution in [0.3, 0.4) is 0 Å². The van der Waals surface area contributed by atoms with E-state index >= 15 is 0 Å². The molecule has 1 heterocycles. The van der Waals surface area contributed by atoms with Gasteiger partial charge in [-0.05, 0) is 12.1 Å². The Morgan fingerprint density at radius 3 is 2.85 bits per heavy atom. The summed E-state index contributed by atoms with van der Waals surface area (Å²) in [7, 11) is 1.13. The Hall–Kier alpha value is -1.52. The number of alkyl halides is 2. The van der Waals surface area contributed by atoms with Crippen LogP contribution in [-0.4, -0.2) is 18.1 Å². The summed E-state index contributed by atoms with van der Waals surface area (Å²) in [6.07, 6.45) is -1.57. The van der Waals surface area contributed by atoms with Gasteiger partial charge in [0.15, 0.2) is 0 Å². The van der Waals surface area contributed by atoms with Gasteiger partial charge >= 0.3 is 5.97 Å². The molecule has 13 heavy (non-hydrogen) atoms. The first-order chi connectivity index (χ1) is 6.16. The Balaban J connectivity index is 3.12. The van der Waals surface area contributed by atoms with Crippen molar-refractivity contribution in [3.05, 3.63) is 29.6 Å². The van der Waals surface area contributed by atoms with Crippen molar-refractivity contribution in [2.45, 2.75) is 6.43 Å². The van der Waals surface area contributed by atoms with Gasteiger partial charge in [-0.2, -0.15) is 0 Å². The molecule has 1 rings (SSSR count). The van der Waals surface area contributed by atoms with Gasteiger partial charge in [0, 0.05) is 6.20 Å². The maximum atomic E-state index is 12.3. The SMILES string of the molecule is COC(=O)c1cccnc1C(F)F. The van der Waals surface area contributed by atoms with E-state index in [1.54, 1.807) is 0 Å². The van der Waals surface area contributed by atoms with Crippen LogP contribution in [0.1, 0.15) is 22.5 Å². The predicted molar refractivity (Wildman–Crippen MR) is 40.5 cm³/mol. The van der Waals surface area contributed by atoms with Crippen LogP contribution in [0.15, 0.2) is 18.3 Å². The molecule has 0 aromatic carbocycles.